The lowest BCUT2D eigenvalue weighted by molar-refractivity contribution is 0.0940. The summed E-state index contributed by atoms with van der Waals surface area (Å²) in [5.41, 5.74) is 1.35. The van der Waals surface area contributed by atoms with Crippen LogP contribution < -0.4 is 5.32 Å². The zero-order chi connectivity index (χ0) is 13.7. The molecule has 1 atom stereocenters. The van der Waals surface area contributed by atoms with E-state index >= 15 is 0 Å². The first-order valence-corrected chi connectivity index (χ1v) is 6.41. The lowest BCUT2D eigenvalue weighted by Crippen LogP contribution is -2.29. The third-order valence-electron chi connectivity index (χ3n) is 2.77. The zero-order valence-electron chi connectivity index (χ0n) is 10.1. The molecule has 0 bridgehead atoms. The average Bonchev–Trinajstić information content (AvgIpc) is 2.46. The molecule has 1 N–H and O–H groups in total. The maximum Gasteiger partial charge on any atom is 0.251 e. The van der Waals surface area contributed by atoms with Crippen molar-refractivity contribution in [3.8, 4) is 0 Å². The van der Waals surface area contributed by atoms with E-state index < -0.39 is 0 Å². The van der Waals surface area contributed by atoms with Crippen LogP contribution in [-0.4, -0.2) is 11.8 Å². The van der Waals surface area contributed by atoms with Gasteiger partial charge in [0.05, 0.1) is 6.04 Å². The van der Waals surface area contributed by atoms with Gasteiger partial charge in [-0.3, -0.25) is 4.79 Å². The number of hydrogen-bond acceptors (Lipinski definition) is 1. The van der Waals surface area contributed by atoms with Gasteiger partial charge in [0.2, 0.25) is 0 Å². The van der Waals surface area contributed by atoms with Crippen molar-refractivity contribution in [2.24, 2.45) is 0 Å². The summed E-state index contributed by atoms with van der Waals surface area (Å²) in [6, 6.07) is 14.6. The van der Waals surface area contributed by atoms with Gasteiger partial charge in [0, 0.05) is 11.4 Å². The molecule has 0 aliphatic heterocycles. The topological polar surface area (TPSA) is 29.1 Å². The normalized spacial score (nSPS) is 11.9. The molecule has 4 heteroatoms. The van der Waals surface area contributed by atoms with Crippen LogP contribution >= 0.6 is 11.6 Å². The predicted molar refractivity (Wildman–Crippen MR) is 73.8 cm³/mol. The average molecular weight is 278 g/mol. The number of nitrogens with one attached hydrogen (secondary N) is 1. The number of halogens is 2. The summed E-state index contributed by atoms with van der Waals surface area (Å²) in [5, 5.41) is 2.83. The molecule has 19 heavy (non-hydrogen) atoms. The van der Waals surface area contributed by atoms with Crippen LogP contribution in [0.15, 0.2) is 54.6 Å². The Labute approximate surface area is 116 Å². The second-order valence-corrected chi connectivity index (χ2v) is 4.41. The quantitative estimate of drug-likeness (QED) is 0.851. The van der Waals surface area contributed by atoms with Gasteiger partial charge in [-0.1, -0.05) is 30.3 Å². The van der Waals surface area contributed by atoms with Crippen LogP contribution in [-0.2, 0) is 0 Å². The highest BCUT2D eigenvalue weighted by molar-refractivity contribution is 6.18. The molecule has 2 aromatic rings. The summed E-state index contributed by atoms with van der Waals surface area (Å²) in [7, 11) is 0. The van der Waals surface area contributed by atoms with Crippen molar-refractivity contribution in [2.75, 3.05) is 5.88 Å². The van der Waals surface area contributed by atoms with E-state index in [2.05, 4.69) is 5.32 Å². The summed E-state index contributed by atoms with van der Waals surface area (Å²) in [6.45, 7) is 0. The van der Waals surface area contributed by atoms with E-state index in [1.165, 1.54) is 24.3 Å². The maximum absolute atomic E-state index is 12.8. The number of alkyl halides is 1. The Bertz CT molecular complexity index is 542. The number of carbonyl (C=O) groups excluding carboxylic acids is 1. The molecule has 0 spiro atoms. The molecule has 2 rings (SSSR count). The Morgan fingerprint density at radius 3 is 2.32 bits per heavy atom. The Kier molecular flexibility index (Phi) is 4.53. The van der Waals surface area contributed by atoms with E-state index in [0.29, 0.717) is 5.56 Å². The van der Waals surface area contributed by atoms with Gasteiger partial charge in [-0.05, 0) is 29.8 Å². The molecule has 1 amide bonds. The Balaban J connectivity index is 2.10. The number of rotatable bonds is 4. The number of benzene rings is 2. The largest absolute Gasteiger partial charge is 0.344 e. The van der Waals surface area contributed by atoms with Crippen molar-refractivity contribution in [3.05, 3.63) is 71.5 Å². The smallest absolute Gasteiger partial charge is 0.251 e. The van der Waals surface area contributed by atoms with Crippen molar-refractivity contribution in [1.82, 2.24) is 5.32 Å². The van der Waals surface area contributed by atoms with Crippen molar-refractivity contribution in [2.45, 2.75) is 6.04 Å². The van der Waals surface area contributed by atoms with Crippen molar-refractivity contribution in [3.63, 3.8) is 0 Å². The highest BCUT2D eigenvalue weighted by Gasteiger charge is 2.14. The van der Waals surface area contributed by atoms with Gasteiger partial charge < -0.3 is 5.32 Å². The lowest BCUT2D eigenvalue weighted by atomic mass is 10.1. The summed E-state index contributed by atoms with van der Waals surface area (Å²) in [5.74, 6) is -0.361. The van der Waals surface area contributed by atoms with E-state index in [-0.39, 0.29) is 23.6 Å². The van der Waals surface area contributed by atoms with Gasteiger partial charge in [-0.15, -0.1) is 11.6 Å². The summed E-state index contributed by atoms with van der Waals surface area (Å²) in [6.07, 6.45) is 0. The molecule has 0 saturated heterocycles. The number of carbonyl (C=O) groups is 1. The Hall–Kier alpha value is -1.87. The van der Waals surface area contributed by atoms with Gasteiger partial charge in [-0.2, -0.15) is 0 Å². The number of amides is 1. The van der Waals surface area contributed by atoms with Crippen molar-refractivity contribution >= 4 is 17.5 Å². The Morgan fingerprint density at radius 1 is 1.11 bits per heavy atom. The fraction of sp³-hybridized carbons (Fsp3) is 0.133. The monoisotopic (exact) mass is 277 g/mol. The lowest BCUT2D eigenvalue weighted by Gasteiger charge is -2.16. The van der Waals surface area contributed by atoms with Crippen LogP contribution in [0.25, 0.3) is 0 Å². The molecular formula is C15H13ClFNO. The highest BCUT2D eigenvalue weighted by Crippen LogP contribution is 2.15. The maximum atomic E-state index is 12.8. The van der Waals surface area contributed by atoms with Crippen LogP contribution in [0.2, 0.25) is 0 Å². The third-order valence-corrected chi connectivity index (χ3v) is 3.08. The Morgan fingerprint density at radius 2 is 1.74 bits per heavy atom. The first kappa shape index (κ1) is 13.6. The third kappa shape index (κ3) is 3.55. The summed E-state index contributed by atoms with van der Waals surface area (Å²) < 4.78 is 12.8. The van der Waals surface area contributed by atoms with Crippen LogP contribution in [0.4, 0.5) is 4.39 Å². The molecule has 0 aromatic heterocycles. The minimum absolute atomic E-state index is 0.264. The minimum atomic E-state index is -0.367. The van der Waals surface area contributed by atoms with E-state index in [1.54, 1.807) is 0 Å². The number of hydrogen-bond donors (Lipinski definition) is 1. The predicted octanol–water partition coefficient (Wildman–Crippen LogP) is 3.54. The first-order chi connectivity index (χ1) is 9.20. The van der Waals surface area contributed by atoms with Crippen molar-refractivity contribution < 1.29 is 9.18 Å². The van der Waals surface area contributed by atoms with E-state index in [1.807, 2.05) is 30.3 Å². The molecule has 2 aromatic carbocycles. The van der Waals surface area contributed by atoms with Gasteiger partial charge in [0.1, 0.15) is 5.82 Å². The molecule has 1 unspecified atom stereocenters. The summed E-state index contributed by atoms with van der Waals surface area (Å²) in [4.78, 5) is 12.0. The summed E-state index contributed by atoms with van der Waals surface area (Å²) >= 11 is 5.88. The molecule has 0 fully saturated rings. The van der Waals surface area contributed by atoms with E-state index in [9.17, 15) is 9.18 Å². The highest BCUT2D eigenvalue weighted by atomic mass is 35.5. The van der Waals surface area contributed by atoms with Gasteiger partial charge in [-0.25, -0.2) is 4.39 Å². The van der Waals surface area contributed by atoms with Gasteiger partial charge in [0.25, 0.3) is 5.91 Å². The molecule has 0 aliphatic rings. The minimum Gasteiger partial charge on any atom is -0.344 e. The van der Waals surface area contributed by atoms with Gasteiger partial charge in [0.15, 0.2) is 0 Å². The molecule has 0 aliphatic carbocycles. The first-order valence-electron chi connectivity index (χ1n) is 5.88. The molecule has 0 radical (unpaired) electrons. The SMILES string of the molecule is O=C(NC(CCl)c1ccccc1)c1ccc(F)cc1. The van der Waals surface area contributed by atoms with E-state index in [0.717, 1.165) is 5.56 Å². The molecule has 2 nitrogen and oxygen atoms in total. The fourth-order valence-corrected chi connectivity index (χ4v) is 1.99. The second kappa shape index (κ2) is 6.34. The van der Waals surface area contributed by atoms with E-state index in [4.69, 9.17) is 11.6 Å². The zero-order valence-corrected chi connectivity index (χ0v) is 10.9. The van der Waals surface area contributed by atoms with Crippen LogP contribution in [0, 0.1) is 5.82 Å². The second-order valence-electron chi connectivity index (χ2n) is 4.10. The van der Waals surface area contributed by atoms with Gasteiger partial charge >= 0.3 is 0 Å². The van der Waals surface area contributed by atoms with Crippen LogP contribution in [0.3, 0.4) is 0 Å². The molecule has 98 valence electrons. The standard InChI is InChI=1S/C15H13ClFNO/c16-10-14(11-4-2-1-3-5-11)18-15(19)12-6-8-13(17)9-7-12/h1-9,14H,10H2,(H,18,19). The molecular weight excluding hydrogens is 265 g/mol. The van der Waals surface area contributed by atoms with Crippen molar-refractivity contribution in [1.29, 1.82) is 0 Å². The molecule has 0 saturated carbocycles. The van der Waals surface area contributed by atoms with Crippen LogP contribution in [0.1, 0.15) is 22.0 Å². The van der Waals surface area contributed by atoms with Crippen LogP contribution in [0.5, 0.6) is 0 Å². The fourth-order valence-electron chi connectivity index (χ4n) is 1.74. The molecule has 0 heterocycles.